The highest BCUT2D eigenvalue weighted by molar-refractivity contribution is 9.10. The molecule has 3 aromatic carbocycles. The SMILES string of the molecule is Cc1ccc(S(=O)(=O)N(CC(=O)N/N=C\c2cc(C)n(-c3cc(C)cc(C)c3)c2C)c2ccc(Br)cc2)cc1. The number of halogens is 1. The molecule has 0 aliphatic carbocycles. The van der Waals surface area contributed by atoms with Gasteiger partial charge in [0.15, 0.2) is 0 Å². The third kappa shape index (κ3) is 6.49. The van der Waals surface area contributed by atoms with E-state index in [4.69, 9.17) is 0 Å². The highest BCUT2D eigenvalue weighted by Gasteiger charge is 2.27. The van der Waals surface area contributed by atoms with Gasteiger partial charge in [0.1, 0.15) is 6.54 Å². The maximum atomic E-state index is 13.5. The van der Waals surface area contributed by atoms with Gasteiger partial charge in [0, 0.05) is 27.1 Å². The van der Waals surface area contributed by atoms with Crippen LogP contribution >= 0.6 is 15.9 Å². The molecule has 0 bridgehead atoms. The van der Waals surface area contributed by atoms with Crippen LogP contribution in [0.4, 0.5) is 5.69 Å². The molecular formula is C30H31BrN4O3S. The number of sulfonamides is 1. The van der Waals surface area contributed by atoms with Gasteiger partial charge in [-0.15, -0.1) is 0 Å². The molecule has 39 heavy (non-hydrogen) atoms. The van der Waals surface area contributed by atoms with E-state index in [0.717, 1.165) is 37.0 Å². The molecule has 0 saturated heterocycles. The third-order valence-electron chi connectivity index (χ3n) is 6.34. The summed E-state index contributed by atoms with van der Waals surface area (Å²) in [4.78, 5) is 13.0. The number of anilines is 1. The number of hydrogen-bond acceptors (Lipinski definition) is 4. The minimum atomic E-state index is -4.00. The largest absolute Gasteiger partial charge is 0.318 e. The van der Waals surface area contributed by atoms with Crippen LogP contribution in [-0.2, 0) is 14.8 Å². The summed E-state index contributed by atoms with van der Waals surface area (Å²) in [6.45, 7) is 9.60. The first-order valence-electron chi connectivity index (χ1n) is 12.4. The summed E-state index contributed by atoms with van der Waals surface area (Å²) >= 11 is 3.37. The molecule has 0 aliphatic rings. The van der Waals surface area contributed by atoms with Crippen LogP contribution in [0.15, 0.2) is 87.3 Å². The molecule has 0 saturated carbocycles. The van der Waals surface area contributed by atoms with E-state index in [9.17, 15) is 13.2 Å². The average molecular weight is 608 g/mol. The van der Waals surface area contributed by atoms with Crippen LogP contribution in [-0.4, -0.2) is 31.7 Å². The molecule has 4 rings (SSSR count). The Kier molecular flexibility index (Phi) is 8.42. The first-order valence-corrected chi connectivity index (χ1v) is 14.6. The molecule has 0 aliphatic heterocycles. The van der Waals surface area contributed by atoms with Gasteiger partial charge in [-0.2, -0.15) is 5.10 Å². The van der Waals surface area contributed by atoms with Crippen LogP contribution in [0.1, 0.15) is 33.6 Å². The standard InChI is InChI=1S/C30H31BrN4O3S/c1-20-6-12-29(13-7-20)39(37,38)34(27-10-8-26(31)9-11-27)19-30(36)33-32-18-25-17-23(4)35(24(25)5)28-15-21(2)14-22(3)16-28/h6-18H,19H2,1-5H3,(H,33,36)/b32-18-. The van der Waals surface area contributed by atoms with Crippen molar-refractivity contribution in [3.05, 3.63) is 111 Å². The van der Waals surface area contributed by atoms with Crippen molar-refractivity contribution in [3.8, 4) is 5.69 Å². The maximum Gasteiger partial charge on any atom is 0.264 e. The van der Waals surface area contributed by atoms with E-state index >= 15 is 0 Å². The first-order chi connectivity index (χ1) is 18.5. The number of carbonyl (C=O) groups is 1. The topological polar surface area (TPSA) is 83.8 Å². The van der Waals surface area contributed by atoms with Crippen LogP contribution in [0, 0.1) is 34.6 Å². The highest BCUT2D eigenvalue weighted by atomic mass is 79.9. The van der Waals surface area contributed by atoms with Crippen LogP contribution in [0.25, 0.3) is 5.69 Å². The Morgan fingerprint density at radius 1 is 0.897 bits per heavy atom. The Hall–Kier alpha value is -3.69. The van der Waals surface area contributed by atoms with Gasteiger partial charge in [-0.05, 0) is 100 Å². The Morgan fingerprint density at radius 3 is 2.13 bits per heavy atom. The molecule has 1 N–H and O–H groups in total. The summed E-state index contributed by atoms with van der Waals surface area (Å²) in [7, 11) is -4.00. The van der Waals surface area contributed by atoms with Gasteiger partial charge in [0.2, 0.25) is 0 Å². The minimum absolute atomic E-state index is 0.103. The first kappa shape index (κ1) is 28.3. The normalized spacial score (nSPS) is 11.6. The zero-order chi connectivity index (χ0) is 28.3. The zero-order valence-electron chi connectivity index (χ0n) is 22.6. The molecule has 0 spiro atoms. The third-order valence-corrected chi connectivity index (χ3v) is 8.66. The Bertz CT molecular complexity index is 1620. The van der Waals surface area contributed by atoms with Crippen LogP contribution < -0.4 is 9.73 Å². The predicted molar refractivity (Wildman–Crippen MR) is 160 cm³/mol. The van der Waals surface area contributed by atoms with Crippen molar-refractivity contribution in [1.82, 2.24) is 9.99 Å². The number of nitrogens with zero attached hydrogens (tertiary/aromatic N) is 3. The van der Waals surface area contributed by atoms with Crippen LogP contribution in [0.5, 0.6) is 0 Å². The fourth-order valence-corrected chi connectivity index (χ4v) is 6.18. The summed E-state index contributed by atoms with van der Waals surface area (Å²) in [5, 5.41) is 4.15. The molecule has 202 valence electrons. The molecule has 0 atom stereocenters. The van der Waals surface area contributed by atoms with E-state index in [1.54, 1.807) is 42.6 Å². The van der Waals surface area contributed by atoms with Crippen molar-refractivity contribution in [1.29, 1.82) is 0 Å². The maximum absolute atomic E-state index is 13.5. The summed E-state index contributed by atoms with van der Waals surface area (Å²) < 4.78 is 31.1. The van der Waals surface area contributed by atoms with Crippen molar-refractivity contribution < 1.29 is 13.2 Å². The van der Waals surface area contributed by atoms with Gasteiger partial charge < -0.3 is 4.57 Å². The average Bonchev–Trinajstić information content (AvgIpc) is 3.15. The van der Waals surface area contributed by atoms with Crippen molar-refractivity contribution >= 4 is 43.8 Å². The van der Waals surface area contributed by atoms with E-state index in [-0.39, 0.29) is 4.90 Å². The lowest BCUT2D eigenvalue weighted by molar-refractivity contribution is -0.119. The lowest BCUT2D eigenvalue weighted by Gasteiger charge is -2.23. The lowest BCUT2D eigenvalue weighted by atomic mass is 10.1. The number of amides is 1. The predicted octanol–water partition coefficient (Wildman–Crippen LogP) is 6.13. The monoisotopic (exact) mass is 606 g/mol. The fraction of sp³-hybridized carbons (Fsp3) is 0.200. The Labute approximate surface area is 238 Å². The van der Waals surface area contributed by atoms with Crippen molar-refractivity contribution in [2.45, 2.75) is 39.5 Å². The van der Waals surface area contributed by atoms with Gasteiger partial charge in [0.25, 0.3) is 15.9 Å². The van der Waals surface area contributed by atoms with E-state index in [1.807, 2.05) is 26.8 Å². The van der Waals surface area contributed by atoms with Crippen LogP contribution in [0.3, 0.4) is 0 Å². The van der Waals surface area contributed by atoms with E-state index in [0.29, 0.717) is 5.69 Å². The second-order valence-corrected chi connectivity index (χ2v) is 12.4. The zero-order valence-corrected chi connectivity index (χ0v) is 25.0. The second-order valence-electron chi connectivity index (χ2n) is 9.60. The van der Waals surface area contributed by atoms with Gasteiger partial charge in [-0.3, -0.25) is 9.10 Å². The molecule has 0 unspecified atom stereocenters. The van der Waals surface area contributed by atoms with Crippen molar-refractivity contribution in [2.24, 2.45) is 5.10 Å². The minimum Gasteiger partial charge on any atom is -0.318 e. The molecule has 1 aromatic heterocycles. The highest BCUT2D eigenvalue weighted by Crippen LogP contribution is 2.26. The number of nitrogens with one attached hydrogen (secondary N) is 1. The van der Waals surface area contributed by atoms with Gasteiger partial charge in [-0.1, -0.05) is 39.7 Å². The molecule has 9 heteroatoms. The van der Waals surface area contributed by atoms with Gasteiger partial charge in [0.05, 0.1) is 16.8 Å². The number of benzene rings is 3. The van der Waals surface area contributed by atoms with Crippen molar-refractivity contribution in [3.63, 3.8) is 0 Å². The molecule has 1 amide bonds. The molecule has 0 fully saturated rings. The number of hydrazone groups is 1. The Balaban J connectivity index is 1.56. The molecule has 4 aromatic rings. The quantitative estimate of drug-likeness (QED) is 0.193. The smallest absolute Gasteiger partial charge is 0.264 e. The number of rotatable bonds is 8. The molecule has 1 heterocycles. The summed E-state index contributed by atoms with van der Waals surface area (Å²) in [6, 6.07) is 21.7. The lowest BCUT2D eigenvalue weighted by Crippen LogP contribution is -2.39. The van der Waals surface area contributed by atoms with E-state index in [2.05, 4.69) is 63.1 Å². The fourth-order valence-electron chi connectivity index (χ4n) is 4.49. The number of aryl methyl sites for hydroxylation is 4. The Morgan fingerprint density at radius 2 is 1.51 bits per heavy atom. The van der Waals surface area contributed by atoms with Gasteiger partial charge >= 0.3 is 0 Å². The number of aromatic nitrogens is 1. The second kappa shape index (κ2) is 11.6. The van der Waals surface area contributed by atoms with Crippen molar-refractivity contribution in [2.75, 3.05) is 10.8 Å². The molecular weight excluding hydrogens is 576 g/mol. The molecule has 0 radical (unpaired) electrons. The molecule has 7 nitrogen and oxygen atoms in total. The summed E-state index contributed by atoms with van der Waals surface area (Å²) in [5.74, 6) is -0.562. The van der Waals surface area contributed by atoms with Crippen LogP contribution in [0.2, 0.25) is 0 Å². The number of hydrogen-bond donors (Lipinski definition) is 1. The van der Waals surface area contributed by atoms with E-state index < -0.39 is 22.5 Å². The van der Waals surface area contributed by atoms with E-state index in [1.165, 1.54) is 23.3 Å². The number of carbonyl (C=O) groups excluding carboxylic acids is 1. The summed E-state index contributed by atoms with van der Waals surface area (Å²) in [5.41, 5.74) is 10.1. The van der Waals surface area contributed by atoms with Gasteiger partial charge in [-0.25, -0.2) is 13.8 Å². The summed E-state index contributed by atoms with van der Waals surface area (Å²) in [6.07, 6.45) is 1.58.